The summed E-state index contributed by atoms with van der Waals surface area (Å²) in [6.07, 6.45) is 4.83. The monoisotopic (exact) mass is 388 g/mol. The van der Waals surface area contributed by atoms with Crippen LogP contribution in [0, 0.1) is 5.92 Å². The van der Waals surface area contributed by atoms with E-state index in [0.29, 0.717) is 0 Å². The van der Waals surface area contributed by atoms with Crippen LogP contribution in [0.2, 0.25) is 0 Å². The molecule has 6 nitrogen and oxygen atoms in total. The molecule has 0 amide bonds. The summed E-state index contributed by atoms with van der Waals surface area (Å²) in [7, 11) is 5.25. The molecule has 1 saturated heterocycles. The Kier molecular flexibility index (Phi) is 7.43. The molecule has 0 unspecified atom stereocenters. The molecule has 3 rings (SSSR count). The summed E-state index contributed by atoms with van der Waals surface area (Å²) in [6.45, 7) is 8.83. The van der Waals surface area contributed by atoms with Crippen molar-refractivity contribution >= 4 is 5.96 Å². The largest absolute Gasteiger partial charge is 0.493 e. The number of hydrogen-bond acceptors (Lipinski definition) is 4. The first-order chi connectivity index (χ1) is 13.6. The molecule has 2 heterocycles. The maximum atomic E-state index is 5.47. The van der Waals surface area contributed by atoms with Gasteiger partial charge in [0.25, 0.3) is 0 Å². The zero-order chi connectivity index (χ0) is 19.9. The van der Waals surface area contributed by atoms with E-state index >= 15 is 0 Å². The molecule has 0 atom stereocenters. The molecular weight excluding hydrogens is 352 g/mol. The Balaban J connectivity index is 1.50. The molecule has 0 aliphatic carbocycles. The van der Waals surface area contributed by atoms with Gasteiger partial charge >= 0.3 is 0 Å². The maximum absolute atomic E-state index is 5.47. The molecule has 0 saturated carbocycles. The Morgan fingerprint density at radius 3 is 2.43 bits per heavy atom. The van der Waals surface area contributed by atoms with Crippen LogP contribution in [0.15, 0.2) is 17.1 Å². The van der Waals surface area contributed by atoms with Gasteiger partial charge in [-0.05, 0) is 74.5 Å². The van der Waals surface area contributed by atoms with Crippen LogP contribution in [0.3, 0.4) is 0 Å². The second-order valence-corrected chi connectivity index (χ2v) is 8.00. The number of nitrogens with zero attached hydrogens (tertiary/aromatic N) is 3. The first-order valence-corrected chi connectivity index (χ1v) is 10.6. The molecule has 28 heavy (non-hydrogen) atoms. The van der Waals surface area contributed by atoms with Gasteiger partial charge in [0.1, 0.15) is 0 Å². The van der Waals surface area contributed by atoms with Crippen LogP contribution in [0.5, 0.6) is 11.5 Å². The van der Waals surface area contributed by atoms with Crippen molar-refractivity contribution in [3.63, 3.8) is 0 Å². The highest BCUT2D eigenvalue weighted by molar-refractivity contribution is 5.80. The van der Waals surface area contributed by atoms with Crippen LogP contribution >= 0.6 is 0 Å². The molecule has 2 aliphatic heterocycles. The minimum absolute atomic E-state index is 0.793. The molecular formula is C22H36N4O2. The molecule has 0 aromatic heterocycles. The lowest BCUT2D eigenvalue weighted by Gasteiger charge is -2.33. The summed E-state index contributed by atoms with van der Waals surface area (Å²) in [5, 5.41) is 3.56. The van der Waals surface area contributed by atoms with Gasteiger partial charge in [-0.25, -0.2) is 0 Å². The van der Waals surface area contributed by atoms with E-state index in [1.54, 1.807) is 14.2 Å². The number of guanidine groups is 1. The van der Waals surface area contributed by atoms with E-state index in [1.165, 1.54) is 43.6 Å². The van der Waals surface area contributed by atoms with E-state index in [9.17, 15) is 0 Å². The predicted molar refractivity (Wildman–Crippen MR) is 114 cm³/mol. The van der Waals surface area contributed by atoms with E-state index in [0.717, 1.165) is 55.9 Å². The second kappa shape index (κ2) is 10.0. The summed E-state index contributed by atoms with van der Waals surface area (Å²) >= 11 is 0. The zero-order valence-corrected chi connectivity index (χ0v) is 18.0. The zero-order valence-electron chi connectivity index (χ0n) is 18.0. The van der Waals surface area contributed by atoms with E-state index in [4.69, 9.17) is 9.47 Å². The summed E-state index contributed by atoms with van der Waals surface area (Å²) in [5.41, 5.74) is 2.62. The molecule has 1 aromatic carbocycles. The number of benzene rings is 1. The predicted octanol–water partition coefficient (Wildman–Crippen LogP) is 2.76. The van der Waals surface area contributed by atoms with Crippen molar-refractivity contribution in [3.8, 4) is 11.5 Å². The number of likely N-dealkylation sites (tertiary alicyclic amines) is 1. The summed E-state index contributed by atoms with van der Waals surface area (Å²) < 4.78 is 10.9. The maximum Gasteiger partial charge on any atom is 0.193 e. The molecule has 6 heteroatoms. The van der Waals surface area contributed by atoms with Gasteiger partial charge in [-0.1, -0.05) is 6.92 Å². The lowest BCUT2D eigenvalue weighted by Crippen LogP contribution is -2.44. The van der Waals surface area contributed by atoms with Crippen LogP contribution in [-0.4, -0.2) is 69.8 Å². The van der Waals surface area contributed by atoms with Gasteiger partial charge in [0, 0.05) is 26.7 Å². The van der Waals surface area contributed by atoms with Gasteiger partial charge in [-0.2, -0.15) is 0 Å². The highest BCUT2D eigenvalue weighted by atomic mass is 16.5. The van der Waals surface area contributed by atoms with Crippen LogP contribution in [0.4, 0.5) is 0 Å². The van der Waals surface area contributed by atoms with Crippen molar-refractivity contribution < 1.29 is 9.47 Å². The third-order valence-corrected chi connectivity index (χ3v) is 6.04. The van der Waals surface area contributed by atoms with Crippen LogP contribution in [-0.2, 0) is 13.0 Å². The quantitative estimate of drug-likeness (QED) is 0.461. The van der Waals surface area contributed by atoms with Crippen molar-refractivity contribution in [2.24, 2.45) is 10.9 Å². The van der Waals surface area contributed by atoms with Crippen LogP contribution in [0.25, 0.3) is 0 Å². The summed E-state index contributed by atoms with van der Waals surface area (Å²) in [5.74, 6) is 3.49. The number of rotatable bonds is 6. The smallest absolute Gasteiger partial charge is 0.193 e. The minimum atomic E-state index is 0.793. The van der Waals surface area contributed by atoms with E-state index in [-0.39, 0.29) is 0 Å². The summed E-state index contributed by atoms with van der Waals surface area (Å²) in [4.78, 5) is 9.45. The number of piperidine rings is 1. The van der Waals surface area contributed by atoms with Gasteiger partial charge in [0.15, 0.2) is 17.5 Å². The molecule has 1 fully saturated rings. The van der Waals surface area contributed by atoms with Crippen LogP contribution < -0.4 is 14.8 Å². The number of ether oxygens (including phenoxy) is 2. The molecule has 0 radical (unpaired) electrons. The molecule has 0 bridgehead atoms. The van der Waals surface area contributed by atoms with Gasteiger partial charge in [-0.3, -0.25) is 4.99 Å². The van der Waals surface area contributed by atoms with E-state index in [2.05, 4.69) is 39.2 Å². The van der Waals surface area contributed by atoms with E-state index in [1.807, 2.05) is 7.05 Å². The lowest BCUT2D eigenvalue weighted by atomic mass is 9.99. The molecule has 2 aliphatic rings. The lowest BCUT2D eigenvalue weighted by molar-refractivity contribution is 0.191. The Hall–Kier alpha value is -1.95. The Bertz CT molecular complexity index is 669. The van der Waals surface area contributed by atoms with Crippen molar-refractivity contribution in [1.29, 1.82) is 0 Å². The molecule has 1 aromatic rings. The molecule has 1 N–H and O–H groups in total. The molecule has 156 valence electrons. The Morgan fingerprint density at radius 1 is 1.11 bits per heavy atom. The average Bonchev–Trinajstić information content (AvgIpc) is 2.73. The fourth-order valence-corrected chi connectivity index (χ4v) is 4.18. The van der Waals surface area contributed by atoms with Crippen molar-refractivity contribution in [2.75, 3.05) is 54.0 Å². The molecule has 0 spiro atoms. The number of aliphatic imine (C=N–C) groups is 1. The number of hydrogen-bond donors (Lipinski definition) is 1. The van der Waals surface area contributed by atoms with Gasteiger partial charge in [0.2, 0.25) is 0 Å². The summed E-state index contributed by atoms with van der Waals surface area (Å²) in [6, 6.07) is 4.21. The third-order valence-electron chi connectivity index (χ3n) is 6.04. The van der Waals surface area contributed by atoms with Gasteiger partial charge in [-0.15, -0.1) is 0 Å². The SMILES string of the molecule is CN=C(NCCCN1CCC(C)CC1)N1CCc2cc(OC)c(OC)cc2C1. The Labute approximate surface area is 169 Å². The van der Waals surface area contributed by atoms with E-state index < -0.39 is 0 Å². The topological polar surface area (TPSA) is 49.3 Å². The van der Waals surface area contributed by atoms with Crippen molar-refractivity contribution in [2.45, 2.75) is 39.2 Å². The normalized spacial score (nSPS) is 18.7. The van der Waals surface area contributed by atoms with Crippen molar-refractivity contribution in [1.82, 2.24) is 15.1 Å². The standard InChI is InChI=1S/C22H36N4O2/c1-17-6-11-25(12-7-17)10-5-9-24-22(23-2)26-13-8-18-14-20(27-3)21(28-4)15-19(18)16-26/h14-15,17H,5-13,16H2,1-4H3,(H,23,24). The second-order valence-electron chi connectivity index (χ2n) is 8.00. The number of nitrogens with one attached hydrogen (secondary N) is 1. The number of methoxy groups -OCH3 is 2. The first kappa shape index (κ1) is 20.8. The van der Waals surface area contributed by atoms with Gasteiger partial charge < -0.3 is 24.6 Å². The van der Waals surface area contributed by atoms with Crippen LogP contribution in [0.1, 0.15) is 37.3 Å². The minimum Gasteiger partial charge on any atom is -0.493 e. The highest BCUT2D eigenvalue weighted by Gasteiger charge is 2.21. The number of fused-ring (bicyclic) bond motifs is 1. The highest BCUT2D eigenvalue weighted by Crippen LogP contribution is 2.33. The fraction of sp³-hybridized carbons (Fsp3) is 0.682. The van der Waals surface area contributed by atoms with Crippen molar-refractivity contribution in [3.05, 3.63) is 23.3 Å². The third kappa shape index (κ3) is 5.10. The average molecular weight is 389 g/mol. The first-order valence-electron chi connectivity index (χ1n) is 10.6. The van der Waals surface area contributed by atoms with Gasteiger partial charge in [0.05, 0.1) is 14.2 Å². The Morgan fingerprint density at radius 2 is 1.79 bits per heavy atom. The fourth-order valence-electron chi connectivity index (χ4n) is 4.18.